The molecule has 0 atom stereocenters. The van der Waals surface area contributed by atoms with E-state index in [1.165, 1.54) is 12.1 Å². The number of halogens is 6. The standard InChI is InChI=1S/C22H19F5N2.ClH/c23-21(24)11-9-14(10-12-21)5-8-20-28-18-7-6-15(13-19(18)29-20)16-3-1-2-4-17(16)22(25,26)27;/h1-8,13-14H,9-12H2,(H,28,29);1H. The lowest BCUT2D eigenvalue weighted by atomic mass is 9.86. The molecule has 1 fully saturated rings. The van der Waals surface area contributed by atoms with Gasteiger partial charge in [-0.3, -0.25) is 0 Å². The minimum Gasteiger partial charge on any atom is -0.338 e. The number of hydrogen-bond donors (Lipinski definition) is 1. The van der Waals surface area contributed by atoms with Crippen molar-refractivity contribution in [2.24, 2.45) is 5.92 Å². The van der Waals surface area contributed by atoms with Gasteiger partial charge in [0.2, 0.25) is 5.92 Å². The molecule has 0 bridgehead atoms. The minimum atomic E-state index is -4.44. The summed E-state index contributed by atoms with van der Waals surface area (Å²) in [6.07, 6.45) is -0.148. The van der Waals surface area contributed by atoms with E-state index in [0.29, 0.717) is 35.3 Å². The fourth-order valence-corrected chi connectivity index (χ4v) is 3.74. The Bertz CT molecular complexity index is 1050. The number of hydrogen-bond acceptors (Lipinski definition) is 1. The first-order valence-electron chi connectivity index (χ1n) is 9.44. The molecule has 1 N–H and O–H groups in total. The SMILES string of the molecule is Cl.FC1(F)CCC(C=Cc2nc3cc(-c4ccccc4C(F)(F)F)ccc3[nH]2)CC1. The molecular weight excluding hydrogens is 423 g/mol. The second kappa shape index (κ2) is 8.38. The van der Waals surface area contributed by atoms with Crippen molar-refractivity contribution in [3.8, 4) is 11.1 Å². The van der Waals surface area contributed by atoms with Gasteiger partial charge in [-0.2, -0.15) is 13.2 Å². The fraction of sp³-hybridized carbons (Fsp3) is 0.318. The van der Waals surface area contributed by atoms with Crippen LogP contribution in [0.3, 0.4) is 0 Å². The summed E-state index contributed by atoms with van der Waals surface area (Å²) in [4.78, 5) is 7.54. The van der Waals surface area contributed by atoms with E-state index in [1.807, 2.05) is 6.08 Å². The average Bonchev–Trinajstić information content (AvgIpc) is 3.08. The molecule has 1 heterocycles. The summed E-state index contributed by atoms with van der Waals surface area (Å²) < 4.78 is 66.4. The molecule has 0 aliphatic heterocycles. The van der Waals surface area contributed by atoms with Crippen LogP contribution in [0.2, 0.25) is 0 Å². The van der Waals surface area contributed by atoms with Gasteiger partial charge >= 0.3 is 6.18 Å². The van der Waals surface area contributed by atoms with Gasteiger partial charge in [0.1, 0.15) is 5.82 Å². The van der Waals surface area contributed by atoms with Crippen LogP contribution in [0.15, 0.2) is 48.5 Å². The Morgan fingerprint density at radius 3 is 2.43 bits per heavy atom. The van der Waals surface area contributed by atoms with Gasteiger partial charge in [0.05, 0.1) is 16.6 Å². The zero-order valence-corrected chi connectivity index (χ0v) is 16.7. The highest BCUT2D eigenvalue weighted by atomic mass is 35.5. The summed E-state index contributed by atoms with van der Waals surface area (Å²) in [5.41, 5.74) is 1.10. The largest absolute Gasteiger partial charge is 0.417 e. The highest BCUT2D eigenvalue weighted by Crippen LogP contribution is 2.38. The Hall–Kier alpha value is -2.41. The Morgan fingerprint density at radius 2 is 1.73 bits per heavy atom. The summed E-state index contributed by atoms with van der Waals surface area (Å²) in [6, 6.07) is 10.4. The van der Waals surface area contributed by atoms with Crippen LogP contribution in [0, 0.1) is 5.92 Å². The first-order valence-corrected chi connectivity index (χ1v) is 9.44. The van der Waals surface area contributed by atoms with E-state index in [0.717, 1.165) is 6.07 Å². The van der Waals surface area contributed by atoms with Crippen LogP contribution in [0.5, 0.6) is 0 Å². The van der Waals surface area contributed by atoms with Crippen LogP contribution in [0.25, 0.3) is 28.2 Å². The van der Waals surface area contributed by atoms with Crippen molar-refractivity contribution < 1.29 is 22.0 Å². The summed E-state index contributed by atoms with van der Waals surface area (Å²) in [7, 11) is 0. The molecule has 0 spiro atoms. The molecule has 2 aromatic carbocycles. The quantitative estimate of drug-likeness (QED) is 0.418. The third kappa shape index (κ3) is 4.83. The molecule has 30 heavy (non-hydrogen) atoms. The first-order chi connectivity index (χ1) is 13.7. The number of nitrogens with zero attached hydrogens (tertiary/aromatic N) is 1. The molecule has 4 rings (SSSR count). The predicted molar refractivity (Wildman–Crippen MR) is 110 cm³/mol. The van der Waals surface area contributed by atoms with Gasteiger partial charge < -0.3 is 4.98 Å². The average molecular weight is 443 g/mol. The predicted octanol–water partition coefficient (Wildman–Crippen LogP) is 7.51. The smallest absolute Gasteiger partial charge is 0.338 e. The monoisotopic (exact) mass is 442 g/mol. The number of benzene rings is 2. The van der Waals surface area contributed by atoms with Gasteiger partial charge in [-0.1, -0.05) is 30.3 Å². The Balaban J connectivity index is 0.00000256. The van der Waals surface area contributed by atoms with Gasteiger partial charge in [-0.15, -0.1) is 12.4 Å². The van der Waals surface area contributed by atoms with Crippen molar-refractivity contribution in [3.05, 3.63) is 59.9 Å². The molecule has 1 saturated carbocycles. The molecule has 0 amide bonds. The maximum atomic E-state index is 13.3. The summed E-state index contributed by atoms with van der Waals surface area (Å²) >= 11 is 0. The second-order valence-electron chi connectivity index (χ2n) is 7.45. The number of rotatable bonds is 3. The third-order valence-corrected chi connectivity index (χ3v) is 5.33. The van der Waals surface area contributed by atoms with Crippen molar-refractivity contribution in [1.29, 1.82) is 0 Å². The number of H-pyrrole nitrogens is 1. The minimum absolute atomic E-state index is 0. The van der Waals surface area contributed by atoms with Crippen LogP contribution < -0.4 is 0 Å². The van der Waals surface area contributed by atoms with Crippen molar-refractivity contribution in [1.82, 2.24) is 9.97 Å². The third-order valence-electron chi connectivity index (χ3n) is 5.33. The van der Waals surface area contributed by atoms with Crippen molar-refractivity contribution in [2.45, 2.75) is 37.8 Å². The number of alkyl halides is 5. The number of nitrogens with one attached hydrogen (secondary N) is 1. The lowest BCUT2D eigenvalue weighted by molar-refractivity contribution is -0.137. The van der Waals surface area contributed by atoms with E-state index in [2.05, 4.69) is 9.97 Å². The molecule has 1 aliphatic rings. The Labute approximate surface area is 176 Å². The van der Waals surface area contributed by atoms with E-state index in [1.54, 1.807) is 30.3 Å². The normalized spacial score (nSPS) is 17.4. The number of allylic oxidation sites excluding steroid dienone is 1. The van der Waals surface area contributed by atoms with Gasteiger partial charge in [-0.25, -0.2) is 13.8 Å². The van der Waals surface area contributed by atoms with Crippen molar-refractivity contribution in [2.75, 3.05) is 0 Å². The molecule has 0 radical (unpaired) electrons. The molecule has 1 aliphatic carbocycles. The van der Waals surface area contributed by atoms with Crippen LogP contribution in [0.4, 0.5) is 22.0 Å². The van der Waals surface area contributed by atoms with E-state index < -0.39 is 17.7 Å². The Morgan fingerprint density at radius 1 is 1.03 bits per heavy atom. The van der Waals surface area contributed by atoms with E-state index >= 15 is 0 Å². The molecule has 160 valence electrons. The molecule has 8 heteroatoms. The molecule has 3 aromatic rings. The number of aromatic amines is 1. The van der Waals surface area contributed by atoms with Gasteiger partial charge in [0, 0.05) is 12.8 Å². The second-order valence-corrected chi connectivity index (χ2v) is 7.45. The lowest BCUT2D eigenvalue weighted by Gasteiger charge is -2.26. The zero-order chi connectivity index (χ0) is 20.6. The summed E-state index contributed by atoms with van der Waals surface area (Å²) in [5, 5.41) is 0. The van der Waals surface area contributed by atoms with E-state index in [9.17, 15) is 22.0 Å². The maximum absolute atomic E-state index is 13.3. The number of fused-ring (bicyclic) bond motifs is 1. The topological polar surface area (TPSA) is 28.7 Å². The summed E-state index contributed by atoms with van der Waals surface area (Å²) in [5.74, 6) is -1.93. The highest BCUT2D eigenvalue weighted by molar-refractivity contribution is 5.85. The zero-order valence-electron chi connectivity index (χ0n) is 15.8. The van der Waals surface area contributed by atoms with Crippen LogP contribution >= 0.6 is 12.4 Å². The first kappa shape index (κ1) is 22.3. The molecule has 2 nitrogen and oxygen atoms in total. The molecule has 0 saturated heterocycles. The van der Waals surface area contributed by atoms with Crippen LogP contribution in [-0.4, -0.2) is 15.9 Å². The van der Waals surface area contributed by atoms with Crippen molar-refractivity contribution in [3.63, 3.8) is 0 Å². The number of aromatic nitrogens is 2. The van der Waals surface area contributed by atoms with Crippen LogP contribution in [-0.2, 0) is 6.18 Å². The van der Waals surface area contributed by atoms with Gasteiger partial charge in [0.15, 0.2) is 0 Å². The van der Waals surface area contributed by atoms with Gasteiger partial charge in [0.25, 0.3) is 0 Å². The maximum Gasteiger partial charge on any atom is 0.417 e. The van der Waals surface area contributed by atoms with Crippen LogP contribution in [0.1, 0.15) is 37.1 Å². The number of imidazole rings is 1. The summed E-state index contributed by atoms with van der Waals surface area (Å²) in [6.45, 7) is 0. The molecule has 0 unspecified atom stereocenters. The van der Waals surface area contributed by atoms with E-state index in [4.69, 9.17) is 0 Å². The van der Waals surface area contributed by atoms with E-state index in [-0.39, 0.29) is 36.7 Å². The fourth-order valence-electron chi connectivity index (χ4n) is 3.74. The lowest BCUT2D eigenvalue weighted by Crippen LogP contribution is -2.23. The molecule has 1 aromatic heterocycles. The molecular formula is C22H20ClF5N2. The van der Waals surface area contributed by atoms with Crippen molar-refractivity contribution >= 4 is 29.5 Å². The highest BCUT2D eigenvalue weighted by Gasteiger charge is 2.34. The van der Waals surface area contributed by atoms with Gasteiger partial charge in [-0.05, 0) is 54.2 Å². The Kier molecular flexibility index (Phi) is 6.22.